The van der Waals surface area contributed by atoms with Crippen molar-refractivity contribution in [3.8, 4) is 23.0 Å². The summed E-state index contributed by atoms with van der Waals surface area (Å²) in [6.45, 7) is 3.97. The summed E-state index contributed by atoms with van der Waals surface area (Å²) < 4.78 is 31.9. The van der Waals surface area contributed by atoms with Gasteiger partial charge in [-0.15, -0.1) is 10.2 Å². The number of rotatable bonds is 4. The Balaban J connectivity index is 1.55. The molecule has 0 radical (unpaired) electrons. The quantitative estimate of drug-likeness (QED) is 0.469. The number of hydrogen-bond acceptors (Lipinski definition) is 6. The van der Waals surface area contributed by atoms with Gasteiger partial charge in [0.1, 0.15) is 17.3 Å². The Morgan fingerprint density at radius 3 is 2.73 bits per heavy atom. The Morgan fingerprint density at radius 1 is 1.12 bits per heavy atom. The van der Waals surface area contributed by atoms with Crippen LogP contribution in [0.25, 0.3) is 23.0 Å². The first-order valence-corrected chi connectivity index (χ1v) is 10.5. The molecule has 0 fully saturated rings. The molecule has 8 nitrogen and oxygen atoms in total. The second kappa shape index (κ2) is 7.16. The standard InChI is InChI=1S/C23H18F2N8/c1-3-17-22-30-29-13(2)32(22)18-12-27-23(28-21(18)33(17)14-6-4-7-14)31-11-10-26-20(31)15-8-5-9-16(24)19(15)25/h4-12,17H,3H2,1-2H3/t17-/m1/s1. The molecular weight excluding hydrogens is 426 g/mol. The average Bonchev–Trinajstić information content (AvgIpc) is 3.42. The van der Waals surface area contributed by atoms with Gasteiger partial charge in [0.15, 0.2) is 23.3 Å². The fourth-order valence-corrected chi connectivity index (χ4v) is 4.31. The number of halogens is 2. The second-order valence-corrected chi connectivity index (χ2v) is 7.79. The maximum absolute atomic E-state index is 14.5. The third-order valence-electron chi connectivity index (χ3n) is 5.91. The number of allylic oxidation sites excluding steroid dienone is 3. The Morgan fingerprint density at radius 2 is 1.97 bits per heavy atom. The summed E-state index contributed by atoms with van der Waals surface area (Å²) in [5.41, 5.74) is 1.79. The highest BCUT2D eigenvalue weighted by atomic mass is 19.2. The van der Waals surface area contributed by atoms with Crippen molar-refractivity contribution in [1.29, 1.82) is 0 Å². The van der Waals surface area contributed by atoms with Crippen LogP contribution in [-0.4, -0.2) is 34.3 Å². The number of benzene rings is 1. The second-order valence-electron chi connectivity index (χ2n) is 7.79. The van der Waals surface area contributed by atoms with E-state index >= 15 is 0 Å². The monoisotopic (exact) mass is 444 g/mol. The van der Waals surface area contributed by atoms with Gasteiger partial charge in [-0.05, 0) is 37.6 Å². The third-order valence-corrected chi connectivity index (χ3v) is 5.91. The lowest BCUT2D eigenvalue weighted by atomic mass is 10.0. The molecule has 0 N–H and O–H groups in total. The molecule has 0 unspecified atom stereocenters. The molecule has 1 aromatic carbocycles. The minimum Gasteiger partial charge on any atom is -0.314 e. The van der Waals surface area contributed by atoms with Crippen molar-refractivity contribution < 1.29 is 8.78 Å². The van der Waals surface area contributed by atoms with E-state index in [2.05, 4.69) is 32.0 Å². The van der Waals surface area contributed by atoms with Gasteiger partial charge in [0.25, 0.3) is 0 Å². The van der Waals surface area contributed by atoms with E-state index in [-0.39, 0.29) is 17.4 Å². The number of fused-ring (bicyclic) bond motifs is 3. The van der Waals surface area contributed by atoms with Crippen LogP contribution in [-0.2, 0) is 0 Å². The lowest BCUT2D eigenvalue weighted by molar-refractivity contribution is 0.510. The zero-order valence-corrected chi connectivity index (χ0v) is 17.8. The summed E-state index contributed by atoms with van der Waals surface area (Å²) in [7, 11) is 0. The molecule has 6 rings (SSSR count). The molecule has 4 aromatic rings. The van der Waals surface area contributed by atoms with E-state index in [0.29, 0.717) is 11.8 Å². The van der Waals surface area contributed by atoms with Crippen LogP contribution in [0.1, 0.15) is 31.0 Å². The van der Waals surface area contributed by atoms with Gasteiger partial charge in [-0.2, -0.15) is 4.98 Å². The van der Waals surface area contributed by atoms with Gasteiger partial charge in [0, 0.05) is 18.1 Å². The fourth-order valence-electron chi connectivity index (χ4n) is 4.31. The highest BCUT2D eigenvalue weighted by Crippen LogP contribution is 2.42. The molecule has 1 aliphatic heterocycles. The first-order valence-electron chi connectivity index (χ1n) is 10.5. The number of hydrogen-bond donors (Lipinski definition) is 0. The molecule has 4 heterocycles. The normalized spacial score (nSPS) is 16.3. The SMILES string of the molecule is CC[C@@H]1c2nnc(C)n2-c2cnc(-n3ccnc3-c3cccc(F)c3F)nc2N1C1=CC=C1. The fraction of sp³-hybridized carbons (Fsp3) is 0.174. The van der Waals surface area contributed by atoms with E-state index in [9.17, 15) is 8.78 Å². The summed E-state index contributed by atoms with van der Waals surface area (Å²) >= 11 is 0. The molecule has 0 bridgehead atoms. The number of nitrogens with zero attached hydrogens (tertiary/aromatic N) is 8. The molecule has 0 saturated carbocycles. The first kappa shape index (κ1) is 19.5. The molecular formula is C23H18F2N8. The maximum atomic E-state index is 14.5. The van der Waals surface area contributed by atoms with E-state index in [1.807, 2.05) is 29.7 Å². The highest BCUT2D eigenvalue weighted by molar-refractivity contribution is 5.69. The van der Waals surface area contributed by atoms with Crippen LogP contribution in [0.5, 0.6) is 0 Å². The minimum absolute atomic E-state index is 0.0335. The topological polar surface area (TPSA) is 77.5 Å². The summed E-state index contributed by atoms with van der Waals surface area (Å²) in [6.07, 6.45) is 11.6. The smallest absolute Gasteiger partial charge is 0.237 e. The van der Waals surface area contributed by atoms with Crippen molar-refractivity contribution >= 4 is 5.82 Å². The van der Waals surface area contributed by atoms with Gasteiger partial charge in [-0.25, -0.2) is 18.7 Å². The van der Waals surface area contributed by atoms with Crippen molar-refractivity contribution in [2.75, 3.05) is 4.90 Å². The predicted octanol–water partition coefficient (Wildman–Crippen LogP) is 4.22. The van der Waals surface area contributed by atoms with Gasteiger partial charge >= 0.3 is 0 Å². The molecule has 1 aliphatic carbocycles. The molecule has 33 heavy (non-hydrogen) atoms. The minimum atomic E-state index is -0.967. The van der Waals surface area contributed by atoms with E-state index in [4.69, 9.17) is 4.98 Å². The Hall–Kier alpha value is -4.21. The summed E-state index contributed by atoms with van der Waals surface area (Å²) in [6, 6.07) is 3.93. The molecule has 0 amide bonds. The van der Waals surface area contributed by atoms with Gasteiger partial charge in [0.05, 0.1) is 17.8 Å². The molecule has 1 atom stereocenters. The van der Waals surface area contributed by atoms with Gasteiger partial charge in [-0.3, -0.25) is 9.13 Å². The van der Waals surface area contributed by atoms with E-state index in [1.54, 1.807) is 17.0 Å². The van der Waals surface area contributed by atoms with Gasteiger partial charge in [-0.1, -0.05) is 19.1 Å². The third kappa shape index (κ3) is 2.76. The van der Waals surface area contributed by atoms with E-state index in [1.165, 1.54) is 18.3 Å². The summed E-state index contributed by atoms with van der Waals surface area (Å²) in [4.78, 5) is 15.8. The Kier molecular flexibility index (Phi) is 4.22. The number of aryl methyl sites for hydroxylation is 1. The van der Waals surface area contributed by atoms with Crippen molar-refractivity contribution in [1.82, 2.24) is 34.3 Å². The van der Waals surface area contributed by atoms with Crippen molar-refractivity contribution in [3.63, 3.8) is 0 Å². The van der Waals surface area contributed by atoms with E-state index in [0.717, 1.165) is 35.5 Å². The molecule has 164 valence electrons. The van der Waals surface area contributed by atoms with Crippen molar-refractivity contribution in [2.24, 2.45) is 0 Å². The van der Waals surface area contributed by atoms with Crippen LogP contribution in [0.2, 0.25) is 0 Å². The number of anilines is 1. The Bertz CT molecular complexity index is 1470. The molecule has 10 heteroatoms. The zero-order chi connectivity index (χ0) is 22.7. The van der Waals surface area contributed by atoms with Crippen LogP contribution < -0.4 is 4.90 Å². The van der Waals surface area contributed by atoms with Crippen LogP contribution in [0.4, 0.5) is 14.6 Å². The lowest BCUT2D eigenvalue weighted by Crippen LogP contribution is -2.36. The number of aromatic nitrogens is 7. The van der Waals surface area contributed by atoms with Crippen LogP contribution >= 0.6 is 0 Å². The average molecular weight is 444 g/mol. The molecule has 0 saturated heterocycles. The number of imidazole rings is 1. The van der Waals surface area contributed by atoms with Crippen LogP contribution in [0, 0.1) is 18.6 Å². The van der Waals surface area contributed by atoms with Crippen LogP contribution in [0.15, 0.2) is 60.7 Å². The van der Waals surface area contributed by atoms with Gasteiger partial charge in [0.2, 0.25) is 5.95 Å². The molecule has 3 aromatic heterocycles. The summed E-state index contributed by atoms with van der Waals surface area (Å²) in [5.74, 6) is 0.842. The Labute approximate surface area is 187 Å². The predicted molar refractivity (Wildman–Crippen MR) is 117 cm³/mol. The van der Waals surface area contributed by atoms with Crippen LogP contribution in [0.3, 0.4) is 0 Å². The highest BCUT2D eigenvalue weighted by Gasteiger charge is 2.37. The summed E-state index contributed by atoms with van der Waals surface area (Å²) in [5, 5.41) is 8.69. The largest absolute Gasteiger partial charge is 0.314 e. The lowest BCUT2D eigenvalue weighted by Gasteiger charge is -2.38. The van der Waals surface area contributed by atoms with Gasteiger partial charge < -0.3 is 4.90 Å². The van der Waals surface area contributed by atoms with Crippen molar-refractivity contribution in [3.05, 3.63) is 84.0 Å². The van der Waals surface area contributed by atoms with Crippen molar-refractivity contribution in [2.45, 2.75) is 26.3 Å². The molecule has 0 spiro atoms. The maximum Gasteiger partial charge on any atom is 0.237 e. The molecule has 2 aliphatic rings. The van der Waals surface area contributed by atoms with E-state index < -0.39 is 11.6 Å². The first-order chi connectivity index (χ1) is 16.1. The zero-order valence-electron chi connectivity index (χ0n) is 17.8.